The highest BCUT2D eigenvalue weighted by Gasteiger charge is 2.30. The predicted molar refractivity (Wildman–Crippen MR) is 131 cm³/mol. The van der Waals surface area contributed by atoms with E-state index in [2.05, 4.69) is 37.8 Å². The van der Waals surface area contributed by atoms with E-state index in [1.165, 1.54) is 0 Å². The first-order valence-electron chi connectivity index (χ1n) is 12.4. The molecular weight excluding hydrogens is 462 g/mol. The number of carbonyl (C=O) groups excluding carboxylic acids is 1. The average molecular weight is 494 g/mol. The number of fused-ring (bicyclic) bond motifs is 1. The summed E-state index contributed by atoms with van der Waals surface area (Å²) in [6.45, 7) is 2.37. The lowest BCUT2D eigenvalue weighted by Gasteiger charge is -2.32. The summed E-state index contributed by atoms with van der Waals surface area (Å²) in [5, 5.41) is 11.7. The summed E-state index contributed by atoms with van der Waals surface area (Å²) in [4.78, 5) is 39.6. The number of amides is 1. The zero-order chi connectivity index (χ0) is 24.9. The van der Waals surface area contributed by atoms with Gasteiger partial charge in [0.1, 0.15) is 12.8 Å². The maximum Gasteiger partial charge on any atom is 0.329 e. The number of carbonyl (C=O) groups is 2. The predicted octanol–water partition coefficient (Wildman–Crippen LogP) is 1.77. The van der Waals surface area contributed by atoms with E-state index in [0.29, 0.717) is 6.42 Å². The second kappa shape index (κ2) is 11.3. The Morgan fingerprint density at radius 1 is 1.25 bits per heavy atom. The number of ether oxygens (including phenoxy) is 1. The molecule has 1 aromatic carbocycles. The van der Waals surface area contributed by atoms with Crippen LogP contribution in [0.3, 0.4) is 0 Å². The number of likely N-dealkylation sites (tertiary alicyclic amines) is 1. The van der Waals surface area contributed by atoms with Crippen LogP contribution in [0.2, 0.25) is 0 Å². The Morgan fingerprint density at radius 3 is 2.83 bits per heavy atom. The van der Waals surface area contributed by atoms with Crippen molar-refractivity contribution in [2.45, 2.75) is 50.1 Å². The third-order valence-electron chi connectivity index (χ3n) is 6.92. The van der Waals surface area contributed by atoms with Crippen LogP contribution in [0, 0.1) is 0 Å². The molecule has 0 aliphatic carbocycles. The summed E-state index contributed by atoms with van der Waals surface area (Å²) >= 11 is 0. The summed E-state index contributed by atoms with van der Waals surface area (Å²) in [7, 11) is 0. The van der Waals surface area contributed by atoms with Crippen molar-refractivity contribution < 1.29 is 24.3 Å². The van der Waals surface area contributed by atoms with Gasteiger partial charge in [-0.2, -0.15) is 5.48 Å². The average Bonchev–Trinajstić information content (AvgIpc) is 3.35. The van der Waals surface area contributed by atoms with Gasteiger partial charge in [-0.1, -0.05) is 24.3 Å². The molecule has 5 rings (SSSR count). The molecule has 1 aromatic heterocycles. The van der Waals surface area contributed by atoms with E-state index in [-0.39, 0.29) is 30.8 Å². The van der Waals surface area contributed by atoms with Crippen molar-refractivity contribution in [3.8, 4) is 0 Å². The maximum atomic E-state index is 12.0. The molecule has 0 saturated carbocycles. The van der Waals surface area contributed by atoms with Crippen LogP contribution in [-0.4, -0.2) is 71.5 Å². The lowest BCUT2D eigenvalue weighted by Crippen LogP contribution is -2.41. The van der Waals surface area contributed by atoms with E-state index in [4.69, 9.17) is 14.7 Å². The number of aromatic nitrogens is 1. The molecule has 3 N–H and O–H groups in total. The number of rotatable bonds is 8. The number of benzene rings is 1. The minimum Gasteiger partial charge on any atom is -0.480 e. The number of aliphatic imine (C=N–C) groups is 1. The third kappa shape index (κ3) is 6.14. The highest BCUT2D eigenvalue weighted by molar-refractivity contribution is 5.83. The molecule has 0 radical (unpaired) electrons. The van der Waals surface area contributed by atoms with Gasteiger partial charge in [0.25, 0.3) is 0 Å². The normalized spacial score (nSPS) is 25.1. The first-order chi connectivity index (χ1) is 17.5. The molecule has 3 aliphatic rings. The van der Waals surface area contributed by atoms with Crippen molar-refractivity contribution in [2.75, 3.05) is 26.2 Å². The van der Waals surface area contributed by atoms with Gasteiger partial charge in [-0.15, -0.1) is 0 Å². The van der Waals surface area contributed by atoms with Gasteiger partial charge < -0.3 is 20.1 Å². The van der Waals surface area contributed by atoms with E-state index in [1.54, 1.807) is 18.6 Å². The number of carboxylic acids is 1. The Bertz CT molecular complexity index is 1100. The van der Waals surface area contributed by atoms with Gasteiger partial charge in [0.2, 0.25) is 5.91 Å². The molecule has 10 heteroatoms. The SMILES string of the molecule is O=C(O)COC1CCN(CC2CC(c3ccc(C=NC4NC(=O)Cc5ccncc54)cc3)NO2)CC1. The smallest absolute Gasteiger partial charge is 0.329 e. The molecule has 3 unspecified atom stereocenters. The Kier molecular flexibility index (Phi) is 7.66. The first-order valence-corrected chi connectivity index (χ1v) is 12.4. The number of nitrogens with one attached hydrogen (secondary N) is 2. The highest BCUT2D eigenvalue weighted by atomic mass is 16.7. The minimum atomic E-state index is -0.921. The van der Waals surface area contributed by atoms with Crippen LogP contribution < -0.4 is 10.8 Å². The molecule has 4 heterocycles. The van der Waals surface area contributed by atoms with E-state index in [1.807, 2.05) is 18.2 Å². The molecular formula is C26H31N5O5. The summed E-state index contributed by atoms with van der Waals surface area (Å²) in [5.74, 6) is -0.959. The molecule has 3 aliphatic heterocycles. The van der Waals surface area contributed by atoms with Crippen molar-refractivity contribution in [3.05, 3.63) is 65.0 Å². The molecule has 2 saturated heterocycles. The Hall–Kier alpha value is -3.18. The number of nitrogens with zero attached hydrogens (tertiary/aromatic N) is 3. The topological polar surface area (TPSA) is 125 Å². The molecule has 36 heavy (non-hydrogen) atoms. The number of pyridine rings is 1. The van der Waals surface area contributed by atoms with E-state index in [9.17, 15) is 9.59 Å². The summed E-state index contributed by atoms with van der Waals surface area (Å²) in [6.07, 6.45) is 7.85. The number of hydrogen-bond acceptors (Lipinski definition) is 8. The lowest BCUT2D eigenvalue weighted by atomic mass is 10.00. The van der Waals surface area contributed by atoms with E-state index < -0.39 is 12.1 Å². The van der Waals surface area contributed by atoms with Gasteiger partial charge in [0.05, 0.1) is 24.7 Å². The van der Waals surface area contributed by atoms with Crippen molar-refractivity contribution in [1.82, 2.24) is 20.7 Å². The molecule has 3 atom stereocenters. The molecule has 2 aromatic rings. The second-order valence-electron chi connectivity index (χ2n) is 9.52. The molecule has 1 amide bonds. The second-order valence-corrected chi connectivity index (χ2v) is 9.52. The fourth-order valence-corrected chi connectivity index (χ4v) is 4.98. The lowest BCUT2D eigenvalue weighted by molar-refractivity contribution is -0.145. The van der Waals surface area contributed by atoms with Crippen LogP contribution in [0.5, 0.6) is 0 Å². The van der Waals surface area contributed by atoms with E-state index >= 15 is 0 Å². The third-order valence-corrected chi connectivity index (χ3v) is 6.92. The molecule has 2 fully saturated rings. The van der Waals surface area contributed by atoms with Gasteiger partial charge in [-0.3, -0.25) is 19.6 Å². The summed E-state index contributed by atoms with van der Waals surface area (Å²) in [6, 6.07) is 10.2. The highest BCUT2D eigenvalue weighted by Crippen LogP contribution is 2.27. The van der Waals surface area contributed by atoms with Gasteiger partial charge in [-0.25, -0.2) is 4.79 Å². The Morgan fingerprint density at radius 2 is 2.06 bits per heavy atom. The van der Waals surface area contributed by atoms with Gasteiger partial charge in [-0.05, 0) is 42.0 Å². The monoisotopic (exact) mass is 493 g/mol. The minimum absolute atomic E-state index is 0.0237. The van der Waals surface area contributed by atoms with Crippen molar-refractivity contribution in [1.29, 1.82) is 0 Å². The zero-order valence-corrected chi connectivity index (χ0v) is 20.0. The Labute approximate surface area is 209 Å². The Balaban J connectivity index is 1.10. The zero-order valence-electron chi connectivity index (χ0n) is 20.0. The number of carboxylic acid groups (broad SMARTS) is 1. The molecule has 190 valence electrons. The number of aliphatic carboxylic acids is 1. The number of hydroxylamine groups is 1. The van der Waals surface area contributed by atoms with Crippen molar-refractivity contribution in [3.63, 3.8) is 0 Å². The molecule has 0 bridgehead atoms. The van der Waals surface area contributed by atoms with E-state index in [0.717, 1.165) is 61.2 Å². The van der Waals surface area contributed by atoms with Crippen LogP contribution in [0.25, 0.3) is 0 Å². The van der Waals surface area contributed by atoms with Crippen LogP contribution >= 0.6 is 0 Å². The summed E-state index contributed by atoms with van der Waals surface area (Å²) in [5.41, 5.74) is 7.16. The standard InChI is InChI=1S/C26H31N5O5/c32-24-11-19-5-8-27-14-22(19)26(29-24)28-13-17-1-3-18(4-2-17)23-12-21(36-30-23)15-31-9-6-20(7-10-31)35-16-25(33)34/h1-5,8,13-14,20-21,23,26,30H,6-7,9-12,15-16H2,(H,29,32)(H,33,34). The largest absolute Gasteiger partial charge is 0.480 e. The fourth-order valence-electron chi connectivity index (χ4n) is 4.98. The van der Waals surface area contributed by atoms with Crippen LogP contribution in [0.1, 0.15) is 53.7 Å². The van der Waals surface area contributed by atoms with Crippen molar-refractivity contribution in [2.24, 2.45) is 4.99 Å². The quantitative estimate of drug-likeness (QED) is 0.475. The number of hydrogen-bond donors (Lipinski definition) is 3. The van der Waals surface area contributed by atoms with Gasteiger partial charge in [0, 0.05) is 43.8 Å². The van der Waals surface area contributed by atoms with Crippen molar-refractivity contribution >= 4 is 18.1 Å². The van der Waals surface area contributed by atoms with Crippen LogP contribution in [0.4, 0.5) is 0 Å². The number of piperidine rings is 1. The van der Waals surface area contributed by atoms with Gasteiger partial charge in [0.15, 0.2) is 0 Å². The first kappa shape index (κ1) is 24.5. The van der Waals surface area contributed by atoms with Gasteiger partial charge >= 0.3 is 5.97 Å². The maximum absolute atomic E-state index is 12.0. The van der Waals surface area contributed by atoms with Crippen LogP contribution in [-0.2, 0) is 25.6 Å². The summed E-state index contributed by atoms with van der Waals surface area (Å²) < 4.78 is 5.42. The molecule has 0 spiro atoms. The fraction of sp³-hybridized carbons (Fsp3) is 0.462. The van der Waals surface area contributed by atoms with Crippen LogP contribution in [0.15, 0.2) is 47.7 Å². The molecule has 10 nitrogen and oxygen atoms in total.